The lowest BCUT2D eigenvalue weighted by Gasteiger charge is -2.31. The number of hydrogen-bond acceptors (Lipinski definition) is 11. The molecule has 10 nitrogen and oxygen atoms in total. The maximum atomic E-state index is 12.9. The molecule has 1 fully saturated rings. The lowest BCUT2D eigenvalue weighted by molar-refractivity contribution is -0.121. The maximum Gasteiger partial charge on any atom is 0.336 e. The quantitative estimate of drug-likeness (QED) is 0.134. The predicted octanol–water partition coefficient (Wildman–Crippen LogP) is 5.65. The number of carbonyl (C=O) groups excluding carboxylic acids is 1. The van der Waals surface area contributed by atoms with Crippen LogP contribution in [0.1, 0.15) is 51.7 Å². The summed E-state index contributed by atoms with van der Waals surface area (Å²) in [4.78, 5) is 35.4. The van der Waals surface area contributed by atoms with Gasteiger partial charge in [-0.2, -0.15) is 0 Å². The lowest BCUT2D eigenvalue weighted by atomic mass is 9.94. The summed E-state index contributed by atoms with van der Waals surface area (Å²) in [6.45, 7) is 9.25. The molecule has 1 aromatic carbocycles. The number of phenolic OH excluding ortho intramolecular Hbond substituents is 1. The molecule has 41 heavy (non-hydrogen) atoms. The number of thioether (sulfide) groups is 1. The molecule has 0 unspecified atom stereocenters. The lowest BCUT2D eigenvalue weighted by Crippen LogP contribution is -2.38. The molecule has 4 aromatic rings. The zero-order chi connectivity index (χ0) is 29.0. The van der Waals surface area contributed by atoms with Gasteiger partial charge in [-0.05, 0) is 38.4 Å². The van der Waals surface area contributed by atoms with Gasteiger partial charge in [0.25, 0.3) is 0 Å². The van der Waals surface area contributed by atoms with E-state index in [9.17, 15) is 14.7 Å². The van der Waals surface area contributed by atoms with E-state index in [1.165, 1.54) is 29.5 Å². The summed E-state index contributed by atoms with van der Waals surface area (Å²) in [5.41, 5.74) is -0.258. The number of amides is 1. The van der Waals surface area contributed by atoms with Gasteiger partial charge in [-0.1, -0.05) is 32.1 Å². The fourth-order valence-corrected chi connectivity index (χ4v) is 6.31. The van der Waals surface area contributed by atoms with Crippen molar-refractivity contribution >= 4 is 45.1 Å². The molecule has 2 N–H and O–H groups in total. The second-order valence-electron chi connectivity index (χ2n) is 11.1. The van der Waals surface area contributed by atoms with Gasteiger partial charge in [-0.25, -0.2) is 14.8 Å². The van der Waals surface area contributed by atoms with Crippen LogP contribution in [0, 0.1) is 5.92 Å². The number of hydrogen-bond donors (Lipinski definition) is 2. The molecule has 218 valence electrons. The number of nitrogens with zero attached hydrogens (tertiary/aromatic N) is 3. The van der Waals surface area contributed by atoms with Gasteiger partial charge < -0.3 is 28.9 Å². The Morgan fingerprint density at radius 1 is 1.20 bits per heavy atom. The highest BCUT2D eigenvalue weighted by Gasteiger charge is 2.25. The van der Waals surface area contributed by atoms with Crippen molar-refractivity contribution in [3.63, 3.8) is 0 Å². The number of phenols is 1. The molecule has 1 saturated heterocycles. The van der Waals surface area contributed by atoms with Gasteiger partial charge in [0.05, 0.1) is 34.3 Å². The molecule has 4 heterocycles. The summed E-state index contributed by atoms with van der Waals surface area (Å²) >= 11 is 3.05. The Morgan fingerprint density at radius 2 is 2.00 bits per heavy atom. The molecule has 0 spiro atoms. The molecular weight excluding hydrogens is 564 g/mol. The third kappa shape index (κ3) is 7.69. The largest absolute Gasteiger partial charge is 0.508 e. The topological polar surface area (TPSA) is 131 Å². The van der Waals surface area contributed by atoms with Crippen molar-refractivity contribution in [3.8, 4) is 11.5 Å². The van der Waals surface area contributed by atoms with E-state index in [-0.39, 0.29) is 23.0 Å². The van der Waals surface area contributed by atoms with Crippen molar-refractivity contribution < 1.29 is 23.5 Å². The first-order valence-electron chi connectivity index (χ1n) is 13.6. The number of piperidine rings is 1. The highest BCUT2D eigenvalue weighted by atomic mass is 32.2. The summed E-state index contributed by atoms with van der Waals surface area (Å²) in [7, 11) is 0. The van der Waals surface area contributed by atoms with Crippen molar-refractivity contribution in [2.75, 3.05) is 31.6 Å². The SMILES string of the molecule is CC(C)(C)c1cnc(CSc2cnc(NC(=O)C3CCN(CCCOc4cc(O)cc5oc(=O)ccc45)CC3)s2)o1. The molecule has 12 heteroatoms. The number of carbonyl (C=O) groups is 1. The number of nitrogens with one attached hydrogen (secondary N) is 1. The molecule has 0 saturated carbocycles. The minimum absolute atomic E-state index is 0.0174. The number of fused-ring (bicyclic) bond motifs is 1. The van der Waals surface area contributed by atoms with Crippen molar-refractivity contribution in [1.82, 2.24) is 14.9 Å². The van der Waals surface area contributed by atoms with Gasteiger partial charge >= 0.3 is 5.63 Å². The minimum atomic E-state index is -0.477. The molecule has 0 radical (unpaired) electrons. The molecule has 0 atom stereocenters. The Balaban J connectivity index is 1.02. The van der Waals surface area contributed by atoms with Gasteiger partial charge in [0.15, 0.2) is 5.13 Å². The predicted molar refractivity (Wildman–Crippen MR) is 159 cm³/mol. The van der Waals surface area contributed by atoms with E-state index < -0.39 is 5.63 Å². The van der Waals surface area contributed by atoms with E-state index in [4.69, 9.17) is 13.6 Å². The molecule has 5 rings (SSSR count). The molecule has 1 aliphatic rings. The van der Waals surface area contributed by atoms with Crippen LogP contribution in [0.4, 0.5) is 5.13 Å². The Morgan fingerprint density at radius 3 is 2.76 bits per heavy atom. The smallest absolute Gasteiger partial charge is 0.336 e. The van der Waals surface area contributed by atoms with E-state index in [0.29, 0.717) is 40.1 Å². The summed E-state index contributed by atoms with van der Waals surface area (Å²) in [6, 6.07) is 5.90. The summed E-state index contributed by atoms with van der Waals surface area (Å²) in [5, 5.41) is 14.2. The highest BCUT2D eigenvalue weighted by Crippen LogP contribution is 2.33. The molecular formula is C29H34N4O6S2. The average Bonchev–Trinajstić information content (AvgIpc) is 3.59. The monoisotopic (exact) mass is 598 g/mol. The number of rotatable bonds is 10. The van der Waals surface area contributed by atoms with Crippen LogP contribution in [0.25, 0.3) is 11.0 Å². The van der Waals surface area contributed by atoms with Crippen LogP contribution in [0.5, 0.6) is 11.5 Å². The Hall–Kier alpha value is -3.35. The second-order valence-corrected chi connectivity index (χ2v) is 13.4. The van der Waals surface area contributed by atoms with Crippen LogP contribution in [0.15, 0.2) is 54.5 Å². The van der Waals surface area contributed by atoms with Crippen LogP contribution in [-0.2, 0) is 16.0 Å². The number of oxazole rings is 1. The van der Waals surface area contributed by atoms with Crippen LogP contribution in [-0.4, -0.2) is 52.1 Å². The Kier molecular flexibility index (Phi) is 9.00. The number of thiazole rings is 1. The number of aromatic hydroxyl groups is 1. The number of likely N-dealkylation sites (tertiary alicyclic amines) is 1. The second kappa shape index (κ2) is 12.7. The van der Waals surface area contributed by atoms with E-state index in [0.717, 1.165) is 48.9 Å². The summed E-state index contributed by atoms with van der Waals surface area (Å²) in [6.07, 6.45) is 5.93. The van der Waals surface area contributed by atoms with Gasteiger partial charge in [-0.15, -0.1) is 11.8 Å². The van der Waals surface area contributed by atoms with Crippen molar-refractivity contribution in [3.05, 3.63) is 58.7 Å². The fourth-order valence-electron chi connectivity index (χ4n) is 4.59. The number of aromatic nitrogens is 2. The molecule has 1 aliphatic heterocycles. The molecule has 1 amide bonds. The third-order valence-electron chi connectivity index (χ3n) is 6.87. The standard InChI is InChI=1S/C29H34N4O6S2/c1-29(2,3)23-15-30-24(39-23)17-40-26-16-31-28(41-26)32-27(36)18-7-10-33(11-8-18)9-4-12-37-21-13-19(34)14-22-20(21)5-6-25(35)38-22/h5-6,13-16,18,34H,4,7-12,17H2,1-3H3,(H,31,32,36). The molecule has 0 aliphatic carbocycles. The number of anilines is 1. The van der Waals surface area contributed by atoms with Gasteiger partial charge in [0, 0.05) is 36.1 Å². The first kappa shape index (κ1) is 29.2. The Labute approximate surface area is 246 Å². The maximum absolute atomic E-state index is 12.9. The minimum Gasteiger partial charge on any atom is -0.508 e. The normalized spacial score (nSPS) is 14.9. The van der Waals surface area contributed by atoms with E-state index in [1.54, 1.807) is 30.2 Å². The summed E-state index contributed by atoms with van der Waals surface area (Å²) < 4.78 is 17.9. The average molecular weight is 599 g/mol. The van der Waals surface area contributed by atoms with E-state index >= 15 is 0 Å². The zero-order valence-electron chi connectivity index (χ0n) is 23.3. The fraction of sp³-hybridized carbons (Fsp3) is 0.448. The van der Waals surface area contributed by atoms with Gasteiger partial charge in [0.2, 0.25) is 11.8 Å². The highest BCUT2D eigenvalue weighted by molar-refractivity contribution is 8.00. The van der Waals surface area contributed by atoms with Crippen molar-refractivity contribution in [2.45, 2.75) is 55.4 Å². The molecule has 3 aromatic heterocycles. The zero-order valence-corrected chi connectivity index (χ0v) is 25.0. The summed E-state index contributed by atoms with van der Waals surface area (Å²) in [5.74, 6) is 2.59. The van der Waals surface area contributed by atoms with Crippen LogP contribution >= 0.6 is 23.1 Å². The number of benzene rings is 1. The first-order valence-corrected chi connectivity index (χ1v) is 15.4. The van der Waals surface area contributed by atoms with Crippen molar-refractivity contribution in [1.29, 1.82) is 0 Å². The molecule has 0 bridgehead atoms. The van der Waals surface area contributed by atoms with Crippen LogP contribution < -0.4 is 15.7 Å². The Bertz CT molecular complexity index is 1550. The first-order chi connectivity index (χ1) is 19.6. The van der Waals surface area contributed by atoms with E-state index in [1.807, 2.05) is 0 Å². The number of ether oxygens (including phenoxy) is 1. The van der Waals surface area contributed by atoms with Crippen LogP contribution in [0.3, 0.4) is 0 Å². The van der Waals surface area contributed by atoms with Gasteiger partial charge in [0.1, 0.15) is 22.8 Å². The van der Waals surface area contributed by atoms with Crippen molar-refractivity contribution in [2.24, 2.45) is 5.92 Å². The van der Waals surface area contributed by atoms with Gasteiger partial charge in [-0.3, -0.25) is 4.79 Å². The van der Waals surface area contributed by atoms with Crippen LogP contribution in [0.2, 0.25) is 0 Å². The third-order valence-corrected chi connectivity index (χ3v) is 8.96. The van der Waals surface area contributed by atoms with E-state index in [2.05, 4.69) is 41.0 Å².